The zero-order valence-corrected chi connectivity index (χ0v) is 16.3. The van der Waals surface area contributed by atoms with E-state index in [1.807, 2.05) is 57.9 Å². The van der Waals surface area contributed by atoms with Gasteiger partial charge in [-0.25, -0.2) is 4.98 Å². The van der Waals surface area contributed by atoms with Crippen molar-refractivity contribution in [2.45, 2.75) is 18.9 Å². The van der Waals surface area contributed by atoms with Crippen molar-refractivity contribution in [3.8, 4) is 0 Å². The summed E-state index contributed by atoms with van der Waals surface area (Å²) in [4.78, 5) is 34.2. The van der Waals surface area contributed by atoms with Gasteiger partial charge in [0, 0.05) is 63.6 Å². The summed E-state index contributed by atoms with van der Waals surface area (Å²) in [5, 5.41) is 3.38. The quantitative estimate of drug-likeness (QED) is 0.874. The second-order valence-electron chi connectivity index (χ2n) is 7.58. The lowest BCUT2D eigenvalue weighted by Crippen LogP contribution is -2.52. The molecule has 7 nitrogen and oxygen atoms in total. The standard InChI is InChI=1S/C21H27N5O2/c1-24-13-10-23-19(24)18-15-22-9-14-26(18)21(28)17-7-11-25(12-8-17)20(27)16-5-3-2-4-6-16/h2-6,10,13,17-18,22H,7-9,11-12,14-15H2,1H3. The Hall–Kier alpha value is -2.67. The molecule has 0 aliphatic carbocycles. The zero-order chi connectivity index (χ0) is 19.5. The smallest absolute Gasteiger partial charge is 0.253 e. The van der Waals surface area contributed by atoms with E-state index in [4.69, 9.17) is 0 Å². The summed E-state index contributed by atoms with van der Waals surface area (Å²) in [6, 6.07) is 9.32. The van der Waals surface area contributed by atoms with Gasteiger partial charge in [-0.2, -0.15) is 0 Å². The van der Waals surface area contributed by atoms with Crippen LogP contribution in [0.5, 0.6) is 0 Å². The van der Waals surface area contributed by atoms with Crippen molar-refractivity contribution in [2.24, 2.45) is 13.0 Å². The molecule has 2 amide bonds. The highest BCUT2D eigenvalue weighted by Gasteiger charge is 2.36. The van der Waals surface area contributed by atoms with Crippen molar-refractivity contribution in [1.82, 2.24) is 24.7 Å². The highest BCUT2D eigenvalue weighted by molar-refractivity contribution is 5.94. The van der Waals surface area contributed by atoms with Gasteiger partial charge in [0.15, 0.2) is 0 Å². The van der Waals surface area contributed by atoms with E-state index in [1.165, 1.54) is 0 Å². The fourth-order valence-corrected chi connectivity index (χ4v) is 4.22. The number of carbonyl (C=O) groups is 2. The second-order valence-corrected chi connectivity index (χ2v) is 7.58. The van der Waals surface area contributed by atoms with Gasteiger partial charge in [0.2, 0.25) is 5.91 Å². The fraction of sp³-hybridized carbons (Fsp3) is 0.476. The largest absolute Gasteiger partial charge is 0.339 e. The number of benzene rings is 1. The van der Waals surface area contributed by atoms with Crippen LogP contribution < -0.4 is 5.32 Å². The number of nitrogens with one attached hydrogen (secondary N) is 1. The molecule has 2 aliphatic rings. The third-order valence-corrected chi connectivity index (χ3v) is 5.84. The molecule has 1 aromatic carbocycles. The molecule has 2 aromatic rings. The number of piperazine rings is 1. The molecule has 4 rings (SSSR count). The maximum absolute atomic E-state index is 13.3. The van der Waals surface area contributed by atoms with Crippen LogP contribution in [0, 0.1) is 5.92 Å². The Labute approximate surface area is 165 Å². The lowest BCUT2D eigenvalue weighted by Gasteiger charge is -2.40. The van der Waals surface area contributed by atoms with Crippen molar-refractivity contribution in [3.63, 3.8) is 0 Å². The van der Waals surface area contributed by atoms with Gasteiger partial charge in [0.1, 0.15) is 11.9 Å². The van der Waals surface area contributed by atoms with E-state index in [-0.39, 0.29) is 23.8 Å². The Morgan fingerprint density at radius 1 is 1.11 bits per heavy atom. The molecule has 1 N–H and O–H groups in total. The number of likely N-dealkylation sites (tertiary alicyclic amines) is 1. The van der Waals surface area contributed by atoms with E-state index in [0.29, 0.717) is 38.0 Å². The van der Waals surface area contributed by atoms with Crippen molar-refractivity contribution in [3.05, 3.63) is 54.1 Å². The molecule has 28 heavy (non-hydrogen) atoms. The molecule has 2 saturated heterocycles. The van der Waals surface area contributed by atoms with Gasteiger partial charge >= 0.3 is 0 Å². The Kier molecular flexibility index (Phi) is 5.43. The van der Waals surface area contributed by atoms with E-state index in [2.05, 4.69) is 10.3 Å². The number of hydrogen-bond donors (Lipinski definition) is 1. The van der Waals surface area contributed by atoms with Crippen LogP contribution in [0.2, 0.25) is 0 Å². The van der Waals surface area contributed by atoms with Gasteiger partial charge in [0.25, 0.3) is 5.91 Å². The van der Waals surface area contributed by atoms with Crippen LogP contribution in [0.25, 0.3) is 0 Å². The highest BCUT2D eigenvalue weighted by Crippen LogP contribution is 2.27. The molecule has 148 valence electrons. The number of amides is 2. The van der Waals surface area contributed by atoms with E-state index in [9.17, 15) is 9.59 Å². The molecule has 7 heteroatoms. The Morgan fingerprint density at radius 3 is 2.54 bits per heavy atom. The fourth-order valence-electron chi connectivity index (χ4n) is 4.22. The highest BCUT2D eigenvalue weighted by atomic mass is 16.2. The van der Waals surface area contributed by atoms with Crippen LogP contribution in [0.4, 0.5) is 0 Å². The molecule has 0 spiro atoms. The first-order chi connectivity index (χ1) is 13.6. The average molecular weight is 381 g/mol. The molecular weight excluding hydrogens is 354 g/mol. The van der Waals surface area contributed by atoms with E-state index in [0.717, 1.165) is 18.9 Å². The molecule has 1 aromatic heterocycles. The van der Waals surface area contributed by atoms with Crippen LogP contribution in [-0.4, -0.2) is 63.9 Å². The number of rotatable bonds is 3. The van der Waals surface area contributed by atoms with Gasteiger partial charge in [-0.3, -0.25) is 9.59 Å². The normalized spacial score (nSPS) is 21.0. The van der Waals surface area contributed by atoms with Gasteiger partial charge in [0.05, 0.1) is 0 Å². The van der Waals surface area contributed by atoms with Crippen molar-refractivity contribution in [1.29, 1.82) is 0 Å². The predicted octanol–water partition coefficient (Wildman–Crippen LogP) is 1.45. The minimum absolute atomic E-state index is 0.0271. The number of hydrogen-bond acceptors (Lipinski definition) is 4. The maximum atomic E-state index is 13.3. The molecule has 1 unspecified atom stereocenters. The predicted molar refractivity (Wildman–Crippen MR) is 106 cm³/mol. The first-order valence-electron chi connectivity index (χ1n) is 9.98. The number of carbonyl (C=O) groups excluding carboxylic acids is 2. The van der Waals surface area contributed by atoms with Gasteiger partial charge in [-0.05, 0) is 25.0 Å². The first kappa shape index (κ1) is 18.7. The lowest BCUT2D eigenvalue weighted by atomic mass is 9.93. The topological polar surface area (TPSA) is 70.5 Å². The molecule has 2 aliphatic heterocycles. The van der Waals surface area contributed by atoms with E-state index >= 15 is 0 Å². The third kappa shape index (κ3) is 3.67. The van der Waals surface area contributed by atoms with Gasteiger partial charge in [-0.15, -0.1) is 0 Å². The number of imidazole rings is 1. The summed E-state index contributed by atoms with van der Waals surface area (Å²) >= 11 is 0. The summed E-state index contributed by atoms with van der Waals surface area (Å²) in [6.45, 7) is 3.48. The van der Waals surface area contributed by atoms with E-state index < -0.39 is 0 Å². The third-order valence-electron chi connectivity index (χ3n) is 5.84. The minimum Gasteiger partial charge on any atom is -0.339 e. The summed E-state index contributed by atoms with van der Waals surface area (Å²) in [7, 11) is 1.97. The molecule has 0 radical (unpaired) electrons. The molecule has 1 atom stereocenters. The second kappa shape index (κ2) is 8.14. The summed E-state index contributed by atoms with van der Waals surface area (Å²) < 4.78 is 1.99. The van der Waals surface area contributed by atoms with E-state index in [1.54, 1.807) is 6.20 Å². The Balaban J connectivity index is 1.40. The molecule has 2 fully saturated rings. The monoisotopic (exact) mass is 381 g/mol. The van der Waals surface area contributed by atoms with Gasteiger partial charge < -0.3 is 19.7 Å². The Bertz CT molecular complexity index is 826. The van der Waals surface area contributed by atoms with Crippen LogP contribution in [0.1, 0.15) is 35.1 Å². The zero-order valence-electron chi connectivity index (χ0n) is 16.3. The van der Waals surface area contributed by atoms with Crippen LogP contribution in [0.15, 0.2) is 42.7 Å². The summed E-state index contributed by atoms with van der Waals surface area (Å²) in [5.74, 6) is 1.14. The first-order valence-corrected chi connectivity index (χ1v) is 9.98. The molecular formula is C21H27N5O2. The molecule has 0 bridgehead atoms. The number of piperidine rings is 1. The molecule has 0 saturated carbocycles. The van der Waals surface area contributed by atoms with Gasteiger partial charge in [-0.1, -0.05) is 18.2 Å². The summed E-state index contributed by atoms with van der Waals surface area (Å²) in [6.07, 6.45) is 5.13. The van der Waals surface area contributed by atoms with Crippen molar-refractivity contribution >= 4 is 11.8 Å². The van der Waals surface area contributed by atoms with Crippen LogP contribution in [0.3, 0.4) is 0 Å². The van der Waals surface area contributed by atoms with Crippen molar-refractivity contribution < 1.29 is 9.59 Å². The summed E-state index contributed by atoms with van der Waals surface area (Å²) in [5.41, 5.74) is 0.712. The SMILES string of the molecule is Cn1ccnc1C1CNCCN1C(=O)C1CCN(C(=O)c2ccccc2)CC1. The van der Waals surface area contributed by atoms with Crippen LogP contribution >= 0.6 is 0 Å². The minimum atomic E-state index is -0.0368. The number of aromatic nitrogens is 2. The number of nitrogens with zero attached hydrogens (tertiary/aromatic N) is 4. The average Bonchev–Trinajstić information content (AvgIpc) is 3.19. The maximum Gasteiger partial charge on any atom is 0.253 e. The van der Waals surface area contributed by atoms with Crippen molar-refractivity contribution in [2.75, 3.05) is 32.7 Å². The number of aryl methyl sites for hydroxylation is 1. The van der Waals surface area contributed by atoms with Crippen LogP contribution in [-0.2, 0) is 11.8 Å². The Morgan fingerprint density at radius 2 is 1.86 bits per heavy atom. The molecule has 3 heterocycles. The lowest BCUT2D eigenvalue weighted by molar-refractivity contribution is -0.140.